The number of ether oxygens (including phenoxy) is 1. The number of morpholine rings is 1. The van der Waals surface area contributed by atoms with Crippen molar-refractivity contribution in [1.29, 1.82) is 0 Å². The number of anilines is 1. The van der Waals surface area contributed by atoms with Gasteiger partial charge in [0, 0.05) is 24.2 Å². The molecular formula is C16H16N2O3. The smallest absolute Gasteiger partial charge is 0.313 e. The third-order valence-corrected chi connectivity index (χ3v) is 3.53. The van der Waals surface area contributed by atoms with E-state index in [0.29, 0.717) is 32.0 Å². The van der Waals surface area contributed by atoms with Crippen LogP contribution in [0.15, 0.2) is 42.5 Å². The van der Waals surface area contributed by atoms with E-state index in [1.54, 1.807) is 6.07 Å². The fraction of sp³-hybridized carbons (Fsp3) is 0.250. The summed E-state index contributed by atoms with van der Waals surface area (Å²) in [5.41, 5.74) is 0.653. The maximum absolute atomic E-state index is 12.1. The Hall–Kier alpha value is -2.40. The second-order valence-electron chi connectivity index (χ2n) is 4.89. The first-order chi connectivity index (χ1) is 10.3. The Labute approximate surface area is 122 Å². The van der Waals surface area contributed by atoms with Crippen molar-refractivity contribution < 1.29 is 14.3 Å². The molecule has 0 spiro atoms. The minimum absolute atomic E-state index is 0.460. The highest BCUT2D eigenvalue weighted by atomic mass is 16.5. The Morgan fingerprint density at radius 1 is 1.00 bits per heavy atom. The molecule has 0 aliphatic carbocycles. The molecule has 5 nitrogen and oxygen atoms in total. The molecule has 0 saturated carbocycles. The Balaban J connectivity index is 1.78. The standard InChI is InChI=1S/C16H16N2O3/c19-15(16(20)18-8-10-21-11-9-18)17-14-7-3-5-12-4-1-2-6-13(12)14/h1-7H,8-11H2,(H,17,19). The molecule has 2 aromatic rings. The van der Waals surface area contributed by atoms with Crippen LogP contribution in [0.4, 0.5) is 5.69 Å². The van der Waals surface area contributed by atoms with Gasteiger partial charge in [0.15, 0.2) is 0 Å². The van der Waals surface area contributed by atoms with E-state index < -0.39 is 11.8 Å². The monoisotopic (exact) mass is 284 g/mol. The van der Waals surface area contributed by atoms with Gasteiger partial charge < -0.3 is 15.0 Å². The maximum Gasteiger partial charge on any atom is 0.313 e. The number of hydrogen-bond acceptors (Lipinski definition) is 3. The fourth-order valence-electron chi connectivity index (χ4n) is 2.42. The lowest BCUT2D eigenvalue weighted by molar-refractivity contribution is -0.145. The predicted octanol–water partition coefficient (Wildman–Crippen LogP) is 1.64. The van der Waals surface area contributed by atoms with Gasteiger partial charge in [-0.1, -0.05) is 36.4 Å². The zero-order valence-electron chi connectivity index (χ0n) is 11.5. The first-order valence-electron chi connectivity index (χ1n) is 6.91. The number of amides is 2. The summed E-state index contributed by atoms with van der Waals surface area (Å²) in [6.45, 7) is 1.88. The average molecular weight is 284 g/mol. The van der Waals surface area contributed by atoms with Crippen molar-refractivity contribution in [3.05, 3.63) is 42.5 Å². The van der Waals surface area contributed by atoms with Crippen molar-refractivity contribution in [3.63, 3.8) is 0 Å². The van der Waals surface area contributed by atoms with E-state index in [1.807, 2.05) is 36.4 Å². The van der Waals surface area contributed by atoms with Gasteiger partial charge in [-0.15, -0.1) is 0 Å². The number of rotatable bonds is 1. The molecule has 1 heterocycles. The Morgan fingerprint density at radius 2 is 1.71 bits per heavy atom. The van der Waals surface area contributed by atoms with Gasteiger partial charge in [0.2, 0.25) is 0 Å². The molecule has 1 N–H and O–H groups in total. The molecule has 3 rings (SSSR count). The third-order valence-electron chi connectivity index (χ3n) is 3.53. The highest BCUT2D eigenvalue weighted by molar-refractivity contribution is 6.40. The molecule has 0 aromatic heterocycles. The normalized spacial score (nSPS) is 15.0. The number of hydrogen-bond donors (Lipinski definition) is 1. The number of nitrogens with one attached hydrogen (secondary N) is 1. The number of carbonyl (C=O) groups is 2. The summed E-state index contributed by atoms with van der Waals surface area (Å²) in [6.07, 6.45) is 0. The second kappa shape index (κ2) is 5.93. The van der Waals surface area contributed by atoms with E-state index in [4.69, 9.17) is 4.74 Å². The third kappa shape index (κ3) is 2.87. The van der Waals surface area contributed by atoms with Crippen LogP contribution in [0, 0.1) is 0 Å². The van der Waals surface area contributed by atoms with Gasteiger partial charge in [-0.2, -0.15) is 0 Å². The Morgan fingerprint density at radius 3 is 2.52 bits per heavy atom. The van der Waals surface area contributed by atoms with E-state index in [2.05, 4.69) is 5.32 Å². The molecule has 0 bridgehead atoms. The predicted molar refractivity (Wildman–Crippen MR) is 80.0 cm³/mol. The molecule has 108 valence electrons. The summed E-state index contributed by atoms with van der Waals surface area (Å²) in [5.74, 6) is -1.11. The van der Waals surface area contributed by atoms with Gasteiger partial charge in [-0.3, -0.25) is 9.59 Å². The maximum atomic E-state index is 12.1. The van der Waals surface area contributed by atoms with E-state index in [0.717, 1.165) is 10.8 Å². The summed E-state index contributed by atoms with van der Waals surface area (Å²) >= 11 is 0. The fourth-order valence-corrected chi connectivity index (χ4v) is 2.42. The highest BCUT2D eigenvalue weighted by Gasteiger charge is 2.23. The first kappa shape index (κ1) is 13.6. The van der Waals surface area contributed by atoms with Crippen LogP contribution in [-0.4, -0.2) is 43.0 Å². The number of fused-ring (bicyclic) bond motifs is 1. The van der Waals surface area contributed by atoms with Gasteiger partial charge in [-0.05, 0) is 11.5 Å². The molecule has 0 unspecified atom stereocenters. The molecule has 5 heteroatoms. The van der Waals surface area contributed by atoms with Gasteiger partial charge in [0.05, 0.1) is 13.2 Å². The molecule has 1 fully saturated rings. The molecule has 0 radical (unpaired) electrons. The lowest BCUT2D eigenvalue weighted by Crippen LogP contribution is -2.45. The van der Waals surface area contributed by atoms with Crippen LogP contribution in [0.1, 0.15) is 0 Å². The number of nitrogens with zero attached hydrogens (tertiary/aromatic N) is 1. The van der Waals surface area contributed by atoms with Crippen molar-refractivity contribution in [1.82, 2.24) is 4.90 Å². The lowest BCUT2D eigenvalue weighted by Gasteiger charge is -2.26. The van der Waals surface area contributed by atoms with Crippen molar-refractivity contribution in [3.8, 4) is 0 Å². The molecular weight excluding hydrogens is 268 g/mol. The summed E-state index contributed by atoms with van der Waals surface area (Å²) in [4.78, 5) is 25.7. The van der Waals surface area contributed by atoms with Gasteiger partial charge >= 0.3 is 11.8 Å². The molecule has 21 heavy (non-hydrogen) atoms. The topological polar surface area (TPSA) is 58.6 Å². The van der Waals surface area contributed by atoms with Crippen LogP contribution in [0.5, 0.6) is 0 Å². The van der Waals surface area contributed by atoms with Crippen molar-refractivity contribution >= 4 is 28.3 Å². The van der Waals surface area contributed by atoms with Crippen LogP contribution in [0.2, 0.25) is 0 Å². The molecule has 0 atom stereocenters. The molecule has 1 aliphatic heterocycles. The van der Waals surface area contributed by atoms with E-state index >= 15 is 0 Å². The molecule has 2 amide bonds. The lowest BCUT2D eigenvalue weighted by atomic mass is 10.1. The minimum atomic E-state index is -0.603. The zero-order chi connectivity index (χ0) is 14.7. The summed E-state index contributed by atoms with van der Waals surface area (Å²) < 4.78 is 5.18. The van der Waals surface area contributed by atoms with Crippen LogP contribution in [0.3, 0.4) is 0 Å². The zero-order valence-corrected chi connectivity index (χ0v) is 11.5. The SMILES string of the molecule is O=C(Nc1cccc2ccccc12)C(=O)N1CCOCC1. The number of benzene rings is 2. The number of carbonyl (C=O) groups excluding carboxylic acids is 2. The minimum Gasteiger partial charge on any atom is -0.378 e. The average Bonchev–Trinajstić information content (AvgIpc) is 2.55. The van der Waals surface area contributed by atoms with Crippen molar-refractivity contribution in [2.75, 3.05) is 31.6 Å². The summed E-state index contributed by atoms with van der Waals surface area (Å²) in [5, 5.41) is 4.65. The van der Waals surface area contributed by atoms with Crippen molar-refractivity contribution in [2.45, 2.75) is 0 Å². The van der Waals surface area contributed by atoms with E-state index in [1.165, 1.54) is 4.90 Å². The summed E-state index contributed by atoms with van der Waals surface area (Å²) in [6, 6.07) is 13.4. The highest BCUT2D eigenvalue weighted by Crippen LogP contribution is 2.22. The van der Waals surface area contributed by atoms with Crippen molar-refractivity contribution in [2.24, 2.45) is 0 Å². The van der Waals surface area contributed by atoms with E-state index in [-0.39, 0.29) is 0 Å². The van der Waals surface area contributed by atoms with Gasteiger partial charge in [0.25, 0.3) is 0 Å². The van der Waals surface area contributed by atoms with Gasteiger partial charge in [-0.25, -0.2) is 0 Å². The van der Waals surface area contributed by atoms with Crippen LogP contribution in [0.25, 0.3) is 10.8 Å². The molecule has 2 aromatic carbocycles. The van der Waals surface area contributed by atoms with E-state index in [9.17, 15) is 9.59 Å². The van der Waals surface area contributed by atoms with Crippen LogP contribution in [-0.2, 0) is 14.3 Å². The van der Waals surface area contributed by atoms with Crippen LogP contribution >= 0.6 is 0 Å². The second-order valence-corrected chi connectivity index (χ2v) is 4.89. The Bertz CT molecular complexity index is 673. The quantitative estimate of drug-likeness (QED) is 0.810. The molecule has 1 aliphatic rings. The molecule has 1 saturated heterocycles. The largest absolute Gasteiger partial charge is 0.378 e. The van der Waals surface area contributed by atoms with Crippen LogP contribution < -0.4 is 5.32 Å². The first-order valence-corrected chi connectivity index (χ1v) is 6.91. The summed E-state index contributed by atoms with van der Waals surface area (Å²) in [7, 11) is 0. The van der Waals surface area contributed by atoms with Gasteiger partial charge in [0.1, 0.15) is 0 Å². The Kier molecular flexibility index (Phi) is 3.83.